The maximum absolute atomic E-state index is 11.4. The molecule has 0 aliphatic heterocycles. The summed E-state index contributed by atoms with van der Waals surface area (Å²) < 4.78 is 4.59. The van der Waals surface area contributed by atoms with Gasteiger partial charge in [0.2, 0.25) is 11.8 Å². The Bertz CT molecular complexity index is 277. The maximum Gasteiger partial charge on any atom is 0.329 e. The van der Waals surface area contributed by atoms with E-state index in [1.54, 1.807) is 0 Å². The highest BCUT2D eigenvalue weighted by atomic mass is 16.5. The van der Waals surface area contributed by atoms with Crippen LogP contribution in [-0.4, -0.2) is 53.4 Å². The molecule has 17 heavy (non-hydrogen) atoms. The van der Waals surface area contributed by atoms with Crippen LogP contribution in [0.2, 0.25) is 0 Å². The summed E-state index contributed by atoms with van der Waals surface area (Å²) in [6.45, 7) is 0.182. The first kappa shape index (κ1) is 15.3. The second kappa shape index (κ2) is 7.58. The predicted octanol–water partition coefficient (Wildman–Crippen LogP) is -2.74. The van der Waals surface area contributed by atoms with Gasteiger partial charge in [0.25, 0.3) is 0 Å². The molecule has 0 spiro atoms. The minimum atomic E-state index is -1.20. The summed E-state index contributed by atoms with van der Waals surface area (Å²) in [5, 5.41) is 19.6. The maximum atomic E-state index is 11.4. The Morgan fingerprint density at radius 3 is 2.41 bits per heavy atom. The molecule has 2 atom stereocenters. The summed E-state index contributed by atoms with van der Waals surface area (Å²) >= 11 is 0. The van der Waals surface area contributed by atoms with Crippen LogP contribution in [0.5, 0.6) is 0 Å². The van der Waals surface area contributed by atoms with Gasteiger partial charge >= 0.3 is 5.97 Å². The zero-order valence-corrected chi connectivity index (χ0v) is 9.38. The van der Waals surface area contributed by atoms with Crippen LogP contribution in [-0.2, 0) is 19.1 Å². The normalized spacial score (nSPS) is 13.6. The molecule has 0 aliphatic rings. The van der Waals surface area contributed by atoms with Crippen molar-refractivity contribution in [1.82, 2.24) is 5.32 Å². The van der Waals surface area contributed by atoms with Crippen molar-refractivity contribution in [3.8, 4) is 0 Å². The SMILES string of the molecule is CC(=O)N[C@@H](CC(N)=O)C(=O)OC[C@@H](O)CO. The Morgan fingerprint density at radius 2 is 2.00 bits per heavy atom. The van der Waals surface area contributed by atoms with Crippen LogP contribution < -0.4 is 11.1 Å². The number of amides is 2. The molecule has 0 aromatic heterocycles. The van der Waals surface area contributed by atoms with E-state index in [-0.39, 0.29) is 0 Å². The minimum absolute atomic E-state index is 0.395. The summed E-state index contributed by atoms with van der Waals surface area (Å²) in [5.41, 5.74) is 4.90. The largest absolute Gasteiger partial charge is 0.461 e. The molecule has 0 heterocycles. The van der Waals surface area contributed by atoms with Crippen molar-refractivity contribution in [3.63, 3.8) is 0 Å². The van der Waals surface area contributed by atoms with Gasteiger partial charge in [-0.25, -0.2) is 4.79 Å². The van der Waals surface area contributed by atoms with Crippen LogP contribution in [0.4, 0.5) is 0 Å². The second-order valence-electron chi connectivity index (χ2n) is 3.39. The van der Waals surface area contributed by atoms with E-state index in [1.165, 1.54) is 6.92 Å². The molecule has 8 heteroatoms. The topological polar surface area (TPSA) is 139 Å². The summed E-state index contributed by atoms with van der Waals surface area (Å²) in [6, 6.07) is -1.18. The van der Waals surface area contributed by atoms with Crippen molar-refractivity contribution in [3.05, 3.63) is 0 Å². The number of esters is 1. The molecule has 0 aromatic rings. The fraction of sp³-hybridized carbons (Fsp3) is 0.667. The quantitative estimate of drug-likeness (QED) is 0.360. The van der Waals surface area contributed by atoms with E-state index >= 15 is 0 Å². The molecular formula is C9H16N2O6. The Balaban J connectivity index is 4.31. The number of rotatable bonds is 7. The molecule has 98 valence electrons. The first-order valence-corrected chi connectivity index (χ1v) is 4.87. The Morgan fingerprint density at radius 1 is 1.41 bits per heavy atom. The van der Waals surface area contributed by atoms with Gasteiger partial charge in [0, 0.05) is 6.92 Å². The fourth-order valence-corrected chi connectivity index (χ4v) is 0.971. The number of hydrogen-bond acceptors (Lipinski definition) is 6. The third-order valence-electron chi connectivity index (χ3n) is 1.70. The number of nitrogens with one attached hydrogen (secondary N) is 1. The van der Waals surface area contributed by atoms with Gasteiger partial charge in [-0.05, 0) is 0 Å². The van der Waals surface area contributed by atoms with Crippen LogP contribution >= 0.6 is 0 Å². The zero-order chi connectivity index (χ0) is 13.4. The molecule has 0 aromatic carbocycles. The molecule has 5 N–H and O–H groups in total. The van der Waals surface area contributed by atoms with Crippen molar-refractivity contribution < 1.29 is 29.3 Å². The third kappa shape index (κ3) is 7.25. The Labute approximate surface area is 97.7 Å². The van der Waals surface area contributed by atoms with Crippen molar-refractivity contribution in [2.75, 3.05) is 13.2 Å². The monoisotopic (exact) mass is 248 g/mol. The lowest BCUT2D eigenvalue weighted by Crippen LogP contribution is -2.44. The highest BCUT2D eigenvalue weighted by Gasteiger charge is 2.23. The summed E-state index contributed by atoms with van der Waals surface area (Å²) in [5.74, 6) is -2.19. The number of carbonyl (C=O) groups excluding carboxylic acids is 3. The van der Waals surface area contributed by atoms with Crippen molar-refractivity contribution in [2.24, 2.45) is 5.73 Å². The number of primary amides is 1. The van der Waals surface area contributed by atoms with E-state index in [0.717, 1.165) is 0 Å². The van der Waals surface area contributed by atoms with Gasteiger partial charge < -0.3 is 26.0 Å². The van der Waals surface area contributed by atoms with Gasteiger partial charge in [-0.2, -0.15) is 0 Å². The smallest absolute Gasteiger partial charge is 0.329 e. The number of carbonyl (C=O) groups is 3. The third-order valence-corrected chi connectivity index (χ3v) is 1.70. The van der Waals surface area contributed by atoms with Gasteiger partial charge in [-0.3, -0.25) is 9.59 Å². The molecule has 0 unspecified atom stereocenters. The Hall–Kier alpha value is -1.67. The number of aliphatic hydroxyl groups is 2. The number of aliphatic hydroxyl groups excluding tert-OH is 2. The van der Waals surface area contributed by atoms with Crippen LogP contribution in [0.25, 0.3) is 0 Å². The highest BCUT2D eigenvalue weighted by molar-refractivity contribution is 5.88. The molecule has 0 radical (unpaired) electrons. The number of ether oxygens (including phenoxy) is 1. The molecule has 2 amide bonds. The molecule has 8 nitrogen and oxygen atoms in total. The van der Waals surface area contributed by atoms with Crippen molar-refractivity contribution in [1.29, 1.82) is 0 Å². The molecular weight excluding hydrogens is 232 g/mol. The lowest BCUT2D eigenvalue weighted by Gasteiger charge is -2.16. The summed E-state index contributed by atoms with van der Waals surface area (Å²) in [7, 11) is 0. The summed E-state index contributed by atoms with van der Waals surface area (Å²) in [6.07, 6.45) is -1.60. The standard InChI is InChI=1S/C9H16N2O6/c1-5(13)11-7(2-8(10)15)9(16)17-4-6(14)3-12/h6-7,12,14H,2-4H2,1H3,(H2,10,15)(H,11,13)/t6-,7-/m0/s1. The molecule has 0 bridgehead atoms. The van der Waals surface area contributed by atoms with Gasteiger partial charge in [0.15, 0.2) is 0 Å². The summed E-state index contributed by atoms with van der Waals surface area (Å²) in [4.78, 5) is 32.8. The van der Waals surface area contributed by atoms with E-state index in [2.05, 4.69) is 10.1 Å². The highest BCUT2D eigenvalue weighted by Crippen LogP contribution is 1.97. The van der Waals surface area contributed by atoms with Crippen LogP contribution in [0.3, 0.4) is 0 Å². The molecule has 0 saturated heterocycles. The minimum Gasteiger partial charge on any atom is -0.461 e. The zero-order valence-electron chi connectivity index (χ0n) is 9.38. The Kier molecular flexibility index (Phi) is 6.83. The first-order valence-electron chi connectivity index (χ1n) is 4.87. The van der Waals surface area contributed by atoms with E-state index in [9.17, 15) is 14.4 Å². The predicted molar refractivity (Wildman–Crippen MR) is 55.5 cm³/mol. The van der Waals surface area contributed by atoms with E-state index in [0.29, 0.717) is 0 Å². The van der Waals surface area contributed by atoms with Crippen molar-refractivity contribution in [2.45, 2.75) is 25.5 Å². The van der Waals surface area contributed by atoms with Gasteiger partial charge in [0.1, 0.15) is 18.8 Å². The lowest BCUT2D eigenvalue weighted by molar-refractivity contribution is -0.152. The average Bonchev–Trinajstić information content (AvgIpc) is 2.23. The second-order valence-corrected chi connectivity index (χ2v) is 3.39. The van der Waals surface area contributed by atoms with Crippen molar-refractivity contribution >= 4 is 17.8 Å². The first-order chi connectivity index (χ1) is 7.86. The fourth-order valence-electron chi connectivity index (χ4n) is 0.971. The number of hydrogen-bond donors (Lipinski definition) is 4. The van der Waals surface area contributed by atoms with Crippen LogP contribution in [0, 0.1) is 0 Å². The van der Waals surface area contributed by atoms with Crippen LogP contribution in [0.1, 0.15) is 13.3 Å². The molecule has 0 rings (SSSR count). The number of nitrogens with two attached hydrogens (primary N) is 1. The molecule has 0 aliphatic carbocycles. The van der Waals surface area contributed by atoms with E-state index in [4.69, 9.17) is 15.9 Å². The van der Waals surface area contributed by atoms with E-state index in [1.807, 2.05) is 0 Å². The van der Waals surface area contributed by atoms with Gasteiger partial charge in [0.05, 0.1) is 13.0 Å². The van der Waals surface area contributed by atoms with Gasteiger partial charge in [-0.1, -0.05) is 0 Å². The molecule has 0 fully saturated rings. The lowest BCUT2D eigenvalue weighted by atomic mass is 10.2. The molecule has 0 saturated carbocycles. The van der Waals surface area contributed by atoms with E-state index < -0.39 is 49.6 Å². The van der Waals surface area contributed by atoms with Crippen LogP contribution in [0.15, 0.2) is 0 Å². The van der Waals surface area contributed by atoms with Gasteiger partial charge in [-0.15, -0.1) is 0 Å². The average molecular weight is 248 g/mol.